The number of hydrogen-bond acceptors (Lipinski definition) is 4. The van der Waals surface area contributed by atoms with Gasteiger partial charge >= 0.3 is 6.61 Å². The fourth-order valence-corrected chi connectivity index (χ4v) is 2.65. The first-order chi connectivity index (χ1) is 12.9. The third-order valence-electron chi connectivity index (χ3n) is 4.01. The number of benzene rings is 2. The van der Waals surface area contributed by atoms with Gasteiger partial charge in [0.05, 0.1) is 17.2 Å². The molecule has 1 N–H and O–H groups in total. The lowest BCUT2D eigenvalue weighted by molar-refractivity contribution is -0.121. The van der Waals surface area contributed by atoms with Crippen LogP contribution in [0.1, 0.15) is 11.1 Å². The predicted molar refractivity (Wildman–Crippen MR) is 95.7 cm³/mol. The molecule has 0 unspecified atom stereocenters. The molecule has 3 rings (SSSR count). The number of aryl methyl sites for hydroxylation is 1. The normalized spacial score (nSPS) is 11.0. The van der Waals surface area contributed by atoms with Gasteiger partial charge in [-0.2, -0.15) is 8.78 Å². The zero-order valence-corrected chi connectivity index (χ0v) is 14.5. The molecule has 0 radical (unpaired) electrons. The molecule has 0 saturated heterocycles. The van der Waals surface area contributed by atoms with E-state index in [2.05, 4.69) is 15.0 Å². The fourth-order valence-electron chi connectivity index (χ4n) is 2.65. The van der Waals surface area contributed by atoms with Crippen LogP contribution in [0.25, 0.3) is 10.9 Å². The molecule has 0 bridgehead atoms. The Morgan fingerprint density at radius 1 is 1.22 bits per heavy atom. The van der Waals surface area contributed by atoms with Gasteiger partial charge in [-0.3, -0.25) is 14.2 Å². The number of alkyl halides is 2. The van der Waals surface area contributed by atoms with Gasteiger partial charge in [0, 0.05) is 6.54 Å². The van der Waals surface area contributed by atoms with Gasteiger partial charge in [0.25, 0.3) is 5.56 Å². The maximum absolute atomic E-state index is 12.5. The summed E-state index contributed by atoms with van der Waals surface area (Å²) in [5.41, 5.74) is 1.93. The molecule has 0 fully saturated rings. The molecule has 1 aromatic heterocycles. The lowest BCUT2D eigenvalue weighted by atomic mass is 10.1. The standard InChI is InChI=1S/C19H17F2N3O3/c1-12-3-2-4-15-17(12)23-11-24(18(15)26)10-16(25)22-9-13-5-7-14(8-6-13)27-19(20)21/h2-8,11,19H,9-10H2,1H3,(H,22,25). The van der Waals surface area contributed by atoms with E-state index >= 15 is 0 Å². The van der Waals surface area contributed by atoms with E-state index < -0.39 is 6.61 Å². The minimum atomic E-state index is -2.88. The Bertz CT molecular complexity index is 1020. The summed E-state index contributed by atoms with van der Waals surface area (Å²) < 4.78 is 29.8. The van der Waals surface area contributed by atoms with Crippen molar-refractivity contribution < 1.29 is 18.3 Å². The molecule has 6 nitrogen and oxygen atoms in total. The highest BCUT2D eigenvalue weighted by molar-refractivity contribution is 5.81. The first kappa shape index (κ1) is 18.5. The van der Waals surface area contributed by atoms with E-state index in [-0.39, 0.29) is 30.3 Å². The van der Waals surface area contributed by atoms with E-state index in [4.69, 9.17) is 0 Å². The highest BCUT2D eigenvalue weighted by Gasteiger charge is 2.09. The van der Waals surface area contributed by atoms with E-state index in [1.54, 1.807) is 24.3 Å². The number of nitrogens with one attached hydrogen (secondary N) is 1. The Hall–Kier alpha value is -3.29. The second-order valence-corrected chi connectivity index (χ2v) is 5.95. The summed E-state index contributed by atoms with van der Waals surface area (Å²) in [6, 6.07) is 11.3. The number of amides is 1. The molecule has 1 heterocycles. The van der Waals surface area contributed by atoms with Crippen LogP contribution in [0.15, 0.2) is 53.6 Å². The number of carbonyl (C=O) groups excluding carboxylic acids is 1. The summed E-state index contributed by atoms with van der Waals surface area (Å²) in [6.07, 6.45) is 1.35. The average Bonchev–Trinajstić information content (AvgIpc) is 2.63. The molecule has 0 saturated carbocycles. The van der Waals surface area contributed by atoms with Gasteiger partial charge in [-0.15, -0.1) is 0 Å². The Morgan fingerprint density at radius 3 is 2.67 bits per heavy atom. The van der Waals surface area contributed by atoms with Crippen LogP contribution in [0, 0.1) is 6.92 Å². The monoisotopic (exact) mass is 373 g/mol. The van der Waals surface area contributed by atoms with Crippen LogP contribution in [0.5, 0.6) is 5.75 Å². The average molecular weight is 373 g/mol. The minimum absolute atomic E-state index is 0.0455. The van der Waals surface area contributed by atoms with Gasteiger partial charge in [-0.1, -0.05) is 24.3 Å². The molecule has 0 aliphatic carbocycles. The van der Waals surface area contributed by atoms with Crippen molar-refractivity contribution in [1.82, 2.24) is 14.9 Å². The van der Waals surface area contributed by atoms with Crippen LogP contribution in [0.3, 0.4) is 0 Å². The first-order valence-electron chi connectivity index (χ1n) is 8.19. The summed E-state index contributed by atoms with van der Waals surface area (Å²) in [7, 11) is 0. The molecule has 0 spiro atoms. The summed E-state index contributed by atoms with van der Waals surface area (Å²) in [4.78, 5) is 28.9. The van der Waals surface area contributed by atoms with Crippen LogP contribution in [0.4, 0.5) is 8.78 Å². The van der Waals surface area contributed by atoms with Crippen molar-refractivity contribution in [1.29, 1.82) is 0 Å². The zero-order valence-electron chi connectivity index (χ0n) is 14.5. The topological polar surface area (TPSA) is 73.2 Å². The SMILES string of the molecule is Cc1cccc2c(=O)n(CC(=O)NCc3ccc(OC(F)F)cc3)cnc12. The van der Waals surface area contributed by atoms with Gasteiger partial charge in [-0.05, 0) is 36.2 Å². The second kappa shape index (κ2) is 7.94. The maximum atomic E-state index is 12.5. The molecule has 27 heavy (non-hydrogen) atoms. The third kappa shape index (κ3) is 4.46. The number of rotatable bonds is 6. The number of para-hydroxylation sites is 1. The Labute approximate surface area is 153 Å². The molecule has 2 aromatic carbocycles. The van der Waals surface area contributed by atoms with Gasteiger partial charge in [-0.25, -0.2) is 4.98 Å². The molecule has 8 heteroatoms. The number of nitrogens with zero attached hydrogens (tertiary/aromatic N) is 2. The molecule has 0 atom stereocenters. The number of halogens is 2. The van der Waals surface area contributed by atoms with E-state index in [0.717, 1.165) is 5.56 Å². The lowest BCUT2D eigenvalue weighted by Crippen LogP contribution is -2.32. The van der Waals surface area contributed by atoms with Crippen molar-refractivity contribution in [3.05, 3.63) is 70.3 Å². The fraction of sp³-hybridized carbons (Fsp3) is 0.211. The van der Waals surface area contributed by atoms with Crippen molar-refractivity contribution in [3.63, 3.8) is 0 Å². The molecule has 0 aliphatic heterocycles. The van der Waals surface area contributed by atoms with Gasteiger partial charge < -0.3 is 10.1 Å². The van der Waals surface area contributed by atoms with Crippen molar-refractivity contribution in [3.8, 4) is 5.75 Å². The molecular weight excluding hydrogens is 356 g/mol. The van der Waals surface area contributed by atoms with Crippen LogP contribution in [-0.2, 0) is 17.9 Å². The largest absolute Gasteiger partial charge is 0.435 e. The number of hydrogen-bond donors (Lipinski definition) is 1. The van der Waals surface area contributed by atoms with Gasteiger partial charge in [0.15, 0.2) is 0 Å². The number of aromatic nitrogens is 2. The van der Waals surface area contributed by atoms with E-state index in [1.165, 1.54) is 23.0 Å². The number of ether oxygens (including phenoxy) is 1. The number of fused-ring (bicyclic) bond motifs is 1. The summed E-state index contributed by atoms with van der Waals surface area (Å²) in [5, 5.41) is 3.14. The van der Waals surface area contributed by atoms with Crippen LogP contribution < -0.4 is 15.6 Å². The van der Waals surface area contributed by atoms with Crippen LogP contribution in [0.2, 0.25) is 0 Å². The zero-order chi connectivity index (χ0) is 19.4. The quantitative estimate of drug-likeness (QED) is 0.721. The van der Waals surface area contributed by atoms with Crippen LogP contribution >= 0.6 is 0 Å². The van der Waals surface area contributed by atoms with Gasteiger partial charge in [0.1, 0.15) is 12.3 Å². The third-order valence-corrected chi connectivity index (χ3v) is 4.01. The Morgan fingerprint density at radius 2 is 1.96 bits per heavy atom. The van der Waals surface area contributed by atoms with Crippen molar-refractivity contribution in [2.24, 2.45) is 0 Å². The smallest absolute Gasteiger partial charge is 0.387 e. The molecule has 0 aliphatic rings. The highest BCUT2D eigenvalue weighted by Crippen LogP contribution is 2.15. The molecule has 140 valence electrons. The summed E-state index contributed by atoms with van der Waals surface area (Å²) in [5.74, 6) is -0.317. The maximum Gasteiger partial charge on any atom is 0.387 e. The minimum Gasteiger partial charge on any atom is -0.435 e. The Balaban J connectivity index is 1.63. The highest BCUT2D eigenvalue weighted by atomic mass is 19.3. The lowest BCUT2D eigenvalue weighted by Gasteiger charge is -2.09. The predicted octanol–water partition coefficient (Wildman–Crippen LogP) is 2.62. The van der Waals surface area contributed by atoms with E-state index in [9.17, 15) is 18.4 Å². The molecular formula is C19H17F2N3O3. The molecule has 3 aromatic rings. The van der Waals surface area contributed by atoms with Crippen molar-refractivity contribution in [2.45, 2.75) is 26.6 Å². The first-order valence-corrected chi connectivity index (χ1v) is 8.19. The van der Waals surface area contributed by atoms with Gasteiger partial charge in [0.2, 0.25) is 5.91 Å². The Kier molecular flexibility index (Phi) is 5.44. The second-order valence-electron chi connectivity index (χ2n) is 5.95. The van der Waals surface area contributed by atoms with Crippen molar-refractivity contribution in [2.75, 3.05) is 0 Å². The van der Waals surface area contributed by atoms with Crippen molar-refractivity contribution >= 4 is 16.8 Å². The van der Waals surface area contributed by atoms with Crippen LogP contribution in [-0.4, -0.2) is 22.1 Å². The molecule has 1 amide bonds. The summed E-state index contributed by atoms with van der Waals surface area (Å²) in [6.45, 7) is -0.984. The number of carbonyl (C=O) groups is 1. The van der Waals surface area contributed by atoms with E-state index in [0.29, 0.717) is 16.5 Å². The van der Waals surface area contributed by atoms with E-state index in [1.807, 2.05) is 13.0 Å². The summed E-state index contributed by atoms with van der Waals surface area (Å²) >= 11 is 0.